The van der Waals surface area contributed by atoms with Crippen molar-refractivity contribution >= 4 is 16.9 Å². The average Bonchev–Trinajstić information content (AvgIpc) is 2.49. The molecule has 1 aliphatic carbocycles. The Labute approximate surface area is 127 Å². The van der Waals surface area contributed by atoms with Crippen LogP contribution in [0, 0.1) is 10.8 Å². The fourth-order valence-corrected chi connectivity index (χ4v) is 4.75. The summed E-state index contributed by atoms with van der Waals surface area (Å²) >= 11 is 1.96. The number of amidine groups is 1. The number of aliphatic imine (C=N–C) groups is 1. The normalized spacial score (nSPS) is 28.9. The van der Waals surface area contributed by atoms with E-state index in [1.54, 1.807) is 0 Å². The molecule has 1 N–H and O–H groups in total. The van der Waals surface area contributed by atoms with Gasteiger partial charge in [-0.25, -0.2) is 0 Å². The molecule has 1 saturated carbocycles. The van der Waals surface area contributed by atoms with E-state index in [1.807, 2.05) is 11.8 Å². The van der Waals surface area contributed by atoms with Gasteiger partial charge in [0.2, 0.25) is 0 Å². The van der Waals surface area contributed by atoms with Crippen LogP contribution in [0.15, 0.2) is 4.99 Å². The Hall–Kier alpha value is -0.220. The third kappa shape index (κ3) is 3.51. The summed E-state index contributed by atoms with van der Waals surface area (Å²) in [6.07, 6.45) is 9.39. The standard InChI is InChI=1S/C16H28N2OS/c1-15(7-9-19-10-8-15)11-17-14-18-12-16(13-20-14)5-3-2-4-6-16/h2-13H2,1H3,(H,17,18). The van der Waals surface area contributed by atoms with Gasteiger partial charge in [0.25, 0.3) is 0 Å². The molecular weight excluding hydrogens is 268 g/mol. The lowest BCUT2D eigenvalue weighted by atomic mass is 9.75. The third-order valence-electron chi connectivity index (χ3n) is 5.35. The Morgan fingerprint density at radius 3 is 2.55 bits per heavy atom. The average molecular weight is 296 g/mol. The molecule has 0 aromatic rings. The van der Waals surface area contributed by atoms with Crippen LogP contribution in [-0.4, -0.2) is 37.2 Å². The summed E-state index contributed by atoms with van der Waals surface area (Å²) in [7, 11) is 0. The molecule has 2 aliphatic heterocycles. The first-order valence-electron chi connectivity index (χ1n) is 8.19. The molecule has 20 heavy (non-hydrogen) atoms. The van der Waals surface area contributed by atoms with Crippen LogP contribution in [0.4, 0.5) is 0 Å². The summed E-state index contributed by atoms with van der Waals surface area (Å²) in [5.41, 5.74) is 0.929. The van der Waals surface area contributed by atoms with Crippen molar-refractivity contribution in [2.45, 2.75) is 51.9 Å². The van der Waals surface area contributed by atoms with Crippen LogP contribution < -0.4 is 5.32 Å². The Morgan fingerprint density at radius 1 is 1.15 bits per heavy atom. The number of thioether (sulfide) groups is 1. The molecule has 2 fully saturated rings. The fourth-order valence-electron chi connectivity index (χ4n) is 3.59. The smallest absolute Gasteiger partial charge is 0.156 e. The zero-order valence-corrected chi connectivity index (χ0v) is 13.6. The van der Waals surface area contributed by atoms with Crippen LogP contribution in [0.1, 0.15) is 51.9 Å². The van der Waals surface area contributed by atoms with Gasteiger partial charge in [0.1, 0.15) is 0 Å². The highest BCUT2D eigenvalue weighted by molar-refractivity contribution is 8.13. The number of hydrogen-bond acceptors (Lipinski definition) is 4. The molecule has 3 rings (SSSR count). The minimum absolute atomic E-state index is 0.390. The van der Waals surface area contributed by atoms with Crippen molar-refractivity contribution in [3.05, 3.63) is 0 Å². The van der Waals surface area contributed by atoms with E-state index in [4.69, 9.17) is 9.73 Å². The highest BCUT2D eigenvalue weighted by atomic mass is 32.2. The summed E-state index contributed by atoms with van der Waals surface area (Å²) in [6, 6.07) is 0. The number of nitrogens with zero attached hydrogens (tertiary/aromatic N) is 1. The molecule has 0 radical (unpaired) electrons. The van der Waals surface area contributed by atoms with Gasteiger partial charge in [-0.1, -0.05) is 37.9 Å². The van der Waals surface area contributed by atoms with Gasteiger partial charge in [-0.05, 0) is 36.5 Å². The highest BCUT2D eigenvalue weighted by Crippen LogP contribution is 2.41. The summed E-state index contributed by atoms with van der Waals surface area (Å²) in [4.78, 5) is 4.86. The third-order valence-corrected chi connectivity index (χ3v) is 6.66. The number of rotatable bonds is 2. The molecule has 3 aliphatic rings. The van der Waals surface area contributed by atoms with Crippen molar-refractivity contribution in [3.8, 4) is 0 Å². The van der Waals surface area contributed by atoms with Crippen molar-refractivity contribution in [3.63, 3.8) is 0 Å². The number of nitrogens with one attached hydrogen (secondary N) is 1. The number of hydrogen-bond donors (Lipinski definition) is 1. The molecular formula is C16H28N2OS. The highest BCUT2D eigenvalue weighted by Gasteiger charge is 2.35. The van der Waals surface area contributed by atoms with E-state index < -0.39 is 0 Å². The van der Waals surface area contributed by atoms with Gasteiger partial charge in [-0.3, -0.25) is 4.99 Å². The van der Waals surface area contributed by atoms with Gasteiger partial charge >= 0.3 is 0 Å². The minimum atomic E-state index is 0.390. The van der Waals surface area contributed by atoms with E-state index >= 15 is 0 Å². The molecule has 0 bridgehead atoms. The summed E-state index contributed by atoms with van der Waals surface area (Å²) in [6.45, 7) is 6.32. The Kier molecular flexibility index (Phi) is 4.61. The van der Waals surface area contributed by atoms with Crippen molar-refractivity contribution < 1.29 is 4.74 Å². The van der Waals surface area contributed by atoms with Gasteiger partial charge in [0.05, 0.1) is 0 Å². The lowest BCUT2D eigenvalue weighted by molar-refractivity contribution is 0.0262. The second-order valence-corrected chi connectivity index (χ2v) is 8.21. The van der Waals surface area contributed by atoms with E-state index in [0.717, 1.165) is 26.3 Å². The quantitative estimate of drug-likeness (QED) is 0.847. The maximum Gasteiger partial charge on any atom is 0.156 e. The van der Waals surface area contributed by atoms with Gasteiger partial charge in [0, 0.05) is 32.1 Å². The van der Waals surface area contributed by atoms with Crippen molar-refractivity contribution in [1.29, 1.82) is 0 Å². The lowest BCUT2D eigenvalue weighted by Crippen LogP contribution is -2.41. The Morgan fingerprint density at radius 2 is 1.90 bits per heavy atom. The maximum absolute atomic E-state index is 5.47. The first-order chi connectivity index (χ1) is 9.70. The molecule has 0 aromatic heterocycles. The van der Waals surface area contributed by atoms with Crippen LogP contribution in [0.2, 0.25) is 0 Å². The fraction of sp³-hybridized carbons (Fsp3) is 0.938. The molecule has 3 nitrogen and oxygen atoms in total. The van der Waals surface area contributed by atoms with Gasteiger partial charge in [-0.15, -0.1) is 0 Å². The first kappa shape index (κ1) is 14.7. The summed E-state index contributed by atoms with van der Waals surface area (Å²) < 4.78 is 5.47. The Balaban J connectivity index is 1.49. The monoisotopic (exact) mass is 296 g/mol. The molecule has 1 saturated heterocycles. The predicted octanol–water partition coefficient (Wildman–Crippen LogP) is 3.45. The molecule has 0 amide bonds. The molecule has 0 unspecified atom stereocenters. The van der Waals surface area contributed by atoms with Gasteiger partial charge in [0.15, 0.2) is 5.17 Å². The zero-order valence-electron chi connectivity index (χ0n) is 12.7. The molecule has 114 valence electrons. The summed E-state index contributed by atoms with van der Waals surface area (Å²) in [5, 5.41) is 4.80. The lowest BCUT2D eigenvalue weighted by Gasteiger charge is -2.39. The first-order valence-corrected chi connectivity index (χ1v) is 9.17. The zero-order chi connectivity index (χ0) is 13.9. The minimum Gasteiger partial charge on any atom is -0.381 e. The Bertz CT molecular complexity index is 357. The van der Waals surface area contributed by atoms with E-state index in [-0.39, 0.29) is 0 Å². The largest absolute Gasteiger partial charge is 0.381 e. The van der Waals surface area contributed by atoms with E-state index in [0.29, 0.717) is 10.8 Å². The summed E-state index contributed by atoms with van der Waals surface area (Å²) in [5.74, 6) is 1.28. The predicted molar refractivity (Wildman–Crippen MR) is 86.4 cm³/mol. The van der Waals surface area contributed by atoms with E-state index in [9.17, 15) is 0 Å². The molecule has 4 heteroatoms. The SMILES string of the molecule is CC1(CNC2=NCC3(CCCCC3)CS2)CCOCC1. The van der Waals surface area contributed by atoms with Crippen molar-refractivity contribution in [2.75, 3.05) is 32.1 Å². The molecule has 0 atom stereocenters. The van der Waals surface area contributed by atoms with E-state index in [1.165, 1.54) is 55.9 Å². The second kappa shape index (κ2) is 6.27. The maximum atomic E-state index is 5.47. The number of ether oxygens (including phenoxy) is 1. The van der Waals surface area contributed by atoms with Crippen LogP contribution in [0.3, 0.4) is 0 Å². The molecule has 1 spiro atoms. The van der Waals surface area contributed by atoms with Crippen LogP contribution in [0.25, 0.3) is 0 Å². The van der Waals surface area contributed by atoms with Crippen LogP contribution >= 0.6 is 11.8 Å². The van der Waals surface area contributed by atoms with Crippen molar-refractivity contribution in [1.82, 2.24) is 5.32 Å². The van der Waals surface area contributed by atoms with Crippen molar-refractivity contribution in [2.24, 2.45) is 15.8 Å². The van der Waals surface area contributed by atoms with E-state index in [2.05, 4.69) is 12.2 Å². The molecule has 0 aromatic carbocycles. The van der Waals surface area contributed by atoms with Gasteiger partial charge in [-0.2, -0.15) is 0 Å². The molecule has 2 heterocycles. The second-order valence-electron chi connectivity index (χ2n) is 7.25. The van der Waals surface area contributed by atoms with Gasteiger partial charge < -0.3 is 10.1 Å². The van der Waals surface area contributed by atoms with Crippen LogP contribution in [-0.2, 0) is 4.74 Å². The van der Waals surface area contributed by atoms with Crippen LogP contribution in [0.5, 0.6) is 0 Å². The topological polar surface area (TPSA) is 33.6 Å².